The van der Waals surface area contributed by atoms with Crippen LogP contribution in [0.2, 0.25) is 0 Å². The molecule has 0 spiro atoms. The van der Waals surface area contributed by atoms with E-state index in [2.05, 4.69) is 11.8 Å². The molecule has 3 rings (SSSR count). The van der Waals surface area contributed by atoms with Crippen molar-refractivity contribution in [3.8, 4) is 46.3 Å². The smallest absolute Gasteiger partial charge is 0.231 e. The van der Waals surface area contributed by atoms with Crippen LogP contribution in [0.15, 0.2) is 24.3 Å². The fourth-order valence-electron chi connectivity index (χ4n) is 2.97. The zero-order valence-electron chi connectivity index (χ0n) is 18.1. The minimum absolute atomic E-state index is 0.0189. The monoisotopic (exact) mass is 442 g/mol. The lowest BCUT2D eigenvalue weighted by Crippen LogP contribution is -2.20. The van der Waals surface area contributed by atoms with Gasteiger partial charge in [0.15, 0.2) is 23.0 Å². The first-order valence-electron chi connectivity index (χ1n) is 9.44. The predicted molar refractivity (Wildman–Crippen MR) is 112 cm³/mol. The molecule has 1 heterocycles. The lowest BCUT2D eigenvalue weighted by Gasteiger charge is -2.12. The summed E-state index contributed by atoms with van der Waals surface area (Å²) in [7, 11) is 5.96. The summed E-state index contributed by atoms with van der Waals surface area (Å²) in [5.41, 5.74) is 0.737. The highest BCUT2D eigenvalue weighted by Crippen LogP contribution is 2.42. The first-order valence-corrected chi connectivity index (χ1v) is 9.44. The Morgan fingerprint density at radius 1 is 0.906 bits per heavy atom. The number of hydrogen-bond acceptors (Lipinski definition) is 9. The maximum Gasteiger partial charge on any atom is 0.231 e. The van der Waals surface area contributed by atoms with Gasteiger partial charge in [-0.3, -0.25) is 9.59 Å². The first-order chi connectivity index (χ1) is 15.5. The summed E-state index contributed by atoms with van der Waals surface area (Å²) < 4.78 is 36.8. The van der Waals surface area contributed by atoms with Crippen LogP contribution in [0.3, 0.4) is 0 Å². The zero-order chi connectivity index (χ0) is 23.1. The molecule has 0 N–H and O–H groups in total. The third kappa shape index (κ3) is 4.87. The van der Waals surface area contributed by atoms with Crippen LogP contribution in [0.25, 0.3) is 0 Å². The van der Waals surface area contributed by atoms with Crippen molar-refractivity contribution in [3.05, 3.63) is 35.4 Å². The van der Waals surface area contributed by atoms with Crippen LogP contribution in [-0.4, -0.2) is 60.0 Å². The Kier molecular flexibility index (Phi) is 7.41. The Bertz CT molecular complexity index is 1050. The Morgan fingerprint density at radius 3 is 2.22 bits per heavy atom. The van der Waals surface area contributed by atoms with Crippen LogP contribution in [0.5, 0.6) is 34.5 Å². The molecule has 0 bridgehead atoms. The molecular formula is C23H22O9. The third-order valence-electron chi connectivity index (χ3n) is 4.48. The number of ketones is 2. The molecule has 0 amide bonds. The van der Waals surface area contributed by atoms with Crippen molar-refractivity contribution in [1.29, 1.82) is 0 Å². The third-order valence-corrected chi connectivity index (χ3v) is 4.48. The Hall–Kier alpha value is -3.90. The first kappa shape index (κ1) is 22.8. The maximum atomic E-state index is 12.4. The van der Waals surface area contributed by atoms with Crippen molar-refractivity contribution >= 4 is 11.6 Å². The minimum Gasteiger partial charge on any atom is -0.493 e. The highest BCUT2D eigenvalue weighted by molar-refractivity contribution is 6.44. The largest absolute Gasteiger partial charge is 0.493 e. The molecule has 0 atom stereocenters. The van der Waals surface area contributed by atoms with E-state index in [1.165, 1.54) is 40.6 Å². The number of rotatable bonds is 9. The summed E-state index contributed by atoms with van der Waals surface area (Å²) in [5, 5.41) is 0. The number of methoxy groups -OCH3 is 4. The van der Waals surface area contributed by atoms with Gasteiger partial charge in [-0.1, -0.05) is 11.8 Å². The van der Waals surface area contributed by atoms with Gasteiger partial charge < -0.3 is 33.2 Å². The van der Waals surface area contributed by atoms with Crippen molar-refractivity contribution < 1.29 is 42.7 Å². The predicted octanol–water partition coefficient (Wildman–Crippen LogP) is 2.27. The van der Waals surface area contributed by atoms with Crippen molar-refractivity contribution in [1.82, 2.24) is 0 Å². The zero-order valence-corrected chi connectivity index (χ0v) is 18.1. The second kappa shape index (κ2) is 10.4. The lowest BCUT2D eigenvalue weighted by atomic mass is 10.1. The van der Waals surface area contributed by atoms with Crippen LogP contribution in [0.4, 0.5) is 0 Å². The molecule has 9 nitrogen and oxygen atoms in total. The van der Waals surface area contributed by atoms with Crippen molar-refractivity contribution in [2.75, 3.05) is 48.4 Å². The molecule has 9 heteroatoms. The molecule has 1 aliphatic rings. The van der Waals surface area contributed by atoms with Gasteiger partial charge in [-0.25, -0.2) is 0 Å². The van der Waals surface area contributed by atoms with Gasteiger partial charge in [-0.05, 0) is 24.3 Å². The van der Waals surface area contributed by atoms with Crippen molar-refractivity contribution in [2.45, 2.75) is 0 Å². The van der Waals surface area contributed by atoms with Crippen LogP contribution < -0.4 is 28.4 Å². The number of benzene rings is 2. The van der Waals surface area contributed by atoms with E-state index in [0.29, 0.717) is 40.1 Å². The molecule has 0 radical (unpaired) electrons. The summed E-state index contributed by atoms with van der Waals surface area (Å²) >= 11 is 0. The van der Waals surface area contributed by atoms with Gasteiger partial charge in [-0.15, -0.1) is 0 Å². The molecule has 0 unspecified atom stereocenters. The van der Waals surface area contributed by atoms with E-state index in [-0.39, 0.29) is 19.0 Å². The van der Waals surface area contributed by atoms with E-state index in [4.69, 9.17) is 33.2 Å². The molecule has 1 aliphatic heterocycles. The van der Waals surface area contributed by atoms with E-state index < -0.39 is 18.2 Å². The standard InChI is InChI=1S/C23H22O9/c1-26-17-8-14(9-18(27-2)22(17)29-4)6-5-7-30-12-16(24)21(25)15-10-19(28-3)23-20(11-15)31-13-32-23/h8-11H,7,12-13H2,1-4H3. The van der Waals surface area contributed by atoms with Gasteiger partial charge in [0.25, 0.3) is 0 Å². The molecule has 0 fully saturated rings. The number of Topliss-reactive ketones (excluding diaryl/α,β-unsaturated/α-hetero) is 2. The summed E-state index contributed by atoms with van der Waals surface area (Å²) in [4.78, 5) is 24.7. The van der Waals surface area contributed by atoms with Gasteiger partial charge in [0.1, 0.15) is 13.2 Å². The molecule has 32 heavy (non-hydrogen) atoms. The highest BCUT2D eigenvalue weighted by atomic mass is 16.7. The van der Waals surface area contributed by atoms with E-state index in [0.717, 1.165) is 0 Å². The molecule has 2 aromatic rings. The fourth-order valence-corrected chi connectivity index (χ4v) is 2.97. The van der Waals surface area contributed by atoms with Gasteiger partial charge in [0.2, 0.25) is 29.9 Å². The number of hydrogen-bond donors (Lipinski definition) is 0. The molecule has 0 saturated carbocycles. The van der Waals surface area contributed by atoms with Crippen LogP contribution >= 0.6 is 0 Å². The number of carbonyl (C=O) groups excluding carboxylic acids is 2. The summed E-state index contributed by atoms with van der Waals surface area (Å²) in [6.45, 7) is -0.454. The molecule has 2 aromatic carbocycles. The van der Waals surface area contributed by atoms with Crippen LogP contribution in [0, 0.1) is 11.8 Å². The quantitative estimate of drug-likeness (QED) is 0.251. The van der Waals surface area contributed by atoms with Crippen LogP contribution in [-0.2, 0) is 9.53 Å². The summed E-state index contributed by atoms with van der Waals surface area (Å²) in [6, 6.07) is 6.25. The Balaban J connectivity index is 1.60. The second-order valence-electron chi connectivity index (χ2n) is 6.37. The maximum absolute atomic E-state index is 12.4. The topological polar surface area (TPSA) is 98.8 Å². The van der Waals surface area contributed by atoms with E-state index >= 15 is 0 Å². The van der Waals surface area contributed by atoms with Crippen molar-refractivity contribution in [2.24, 2.45) is 0 Å². The van der Waals surface area contributed by atoms with Gasteiger partial charge in [-0.2, -0.15) is 0 Å². The summed E-state index contributed by atoms with van der Waals surface area (Å²) in [6.07, 6.45) is 0. The van der Waals surface area contributed by atoms with E-state index in [1.54, 1.807) is 12.1 Å². The molecule has 0 saturated heterocycles. The number of carbonyl (C=O) groups is 2. The Labute approximate surface area is 185 Å². The SMILES string of the molecule is COc1cc(C#CCOCC(=O)C(=O)c2cc(OC)c3c(c2)OCO3)cc(OC)c1OC. The van der Waals surface area contributed by atoms with E-state index in [9.17, 15) is 9.59 Å². The Morgan fingerprint density at radius 2 is 1.59 bits per heavy atom. The van der Waals surface area contributed by atoms with Gasteiger partial charge in [0, 0.05) is 11.1 Å². The number of fused-ring (bicyclic) bond motifs is 1. The normalized spacial score (nSPS) is 11.2. The highest BCUT2D eigenvalue weighted by Gasteiger charge is 2.25. The molecular weight excluding hydrogens is 420 g/mol. The minimum atomic E-state index is -0.723. The lowest BCUT2D eigenvalue weighted by molar-refractivity contribution is -0.118. The number of ether oxygens (including phenoxy) is 7. The van der Waals surface area contributed by atoms with Crippen molar-refractivity contribution in [3.63, 3.8) is 0 Å². The average Bonchev–Trinajstić information content (AvgIpc) is 3.30. The van der Waals surface area contributed by atoms with Gasteiger partial charge >= 0.3 is 0 Å². The molecule has 0 aromatic heterocycles. The second-order valence-corrected chi connectivity index (χ2v) is 6.37. The van der Waals surface area contributed by atoms with Gasteiger partial charge in [0.05, 0.1) is 28.4 Å². The van der Waals surface area contributed by atoms with E-state index in [1.807, 2.05) is 0 Å². The summed E-state index contributed by atoms with van der Waals surface area (Å²) in [5.74, 6) is 6.68. The average molecular weight is 442 g/mol. The fraction of sp³-hybridized carbons (Fsp3) is 0.304. The van der Waals surface area contributed by atoms with Crippen LogP contribution in [0.1, 0.15) is 15.9 Å². The molecule has 168 valence electrons. The molecule has 0 aliphatic carbocycles.